The van der Waals surface area contributed by atoms with E-state index >= 15 is 0 Å². The molecule has 9 nitrogen and oxygen atoms in total. The highest BCUT2D eigenvalue weighted by molar-refractivity contribution is 5.81. The first-order valence-corrected chi connectivity index (χ1v) is 13.8. The molecule has 0 aromatic heterocycles. The first-order chi connectivity index (χ1) is 17.9. The van der Waals surface area contributed by atoms with E-state index in [1.165, 1.54) is 0 Å². The standard InChI is InChI=1S/C17H29F3N2O3.C10H17NO3/c1-16(2,3)25-15(23)21-9-6-13(7-10-21)22-8-4-5-14(11-22)24-12-17(18,19)20;1-10(2,3)14-9(13)11-6-4-8(12)5-7-11/h13-14H,4-12H2,1-3H3;4-7H2,1-3H3. The highest BCUT2D eigenvalue weighted by atomic mass is 19.4. The van der Waals surface area contributed by atoms with Crippen molar-refractivity contribution >= 4 is 18.0 Å². The van der Waals surface area contributed by atoms with Gasteiger partial charge in [-0.1, -0.05) is 0 Å². The van der Waals surface area contributed by atoms with Crippen molar-refractivity contribution < 1.29 is 41.8 Å². The highest BCUT2D eigenvalue weighted by Crippen LogP contribution is 2.25. The van der Waals surface area contributed by atoms with Gasteiger partial charge >= 0.3 is 18.4 Å². The number of nitrogens with zero attached hydrogens (tertiary/aromatic N) is 3. The number of carbonyl (C=O) groups is 3. The third-order valence-electron chi connectivity index (χ3n) is 6.50. The molecule has 226 valence electrons. The van der Waals surface area contributed by atoms with Crippen LogP contribution in [0.15, 0.2) is 0 Å². The van der Waals surface area contributed by atoms with E-state index in [4.69, 9.17) is 14.2 Å². The molecule has 3 aliphatic rings. The van der Waals surface area contributed by atoms with Crippen molar-refractivity contribution in [3.8, 4) is 0 Å². The predicted molar refractivity (Wildman–Crippen MR) is 139 cm³/mol. The summed E-state index contributed by atoms with van der Waals surface area (Å²) in [5, 5.41) is 0. The fraction of sp³-hybridized carbons (Fsp3) is 0.889. The Kier molecular flexibility index (Phi) is 11.9. The number of piperidine rings is 3. The van der Waals surface area contributed by atoms with Gasteiger partial charge in [-0.2, -0.15) is 13.2 Å². The van der Waals surface area contributed by atoms with Gasteiger partial charge in [0.1, 0.15) is 23.6 Å². The Morgan fingerprint density at radius 1 is 0.795 bits per heavy atom. The molecule has 3 saturated heterocycles. The molecule has 3 rings (SSSR count). The van der Waals surface area contributed by atoms with E-state index < -0.39 is 24.0 Å². The molecular formula is C27H46F3N3O6. The monoisotopic (exact) mass is 565 g/mol. The fourth-order valence-electron chi connectivity index (χ4n) is 4.65. The van der Waals surface area contributed by atoms with Crippen LogP contribution in [0.5, 0.6) is 0 Å². The summed E-state index contributed by atoms with van der Waals surface area (Å²) >= 11 is 0. The van der Waals surface area contributed by atoms with Gasteiger partial charge < -0.3 is 24.0 Å². The fourth-order valence-corrected chi connectivity index (χ4v) is 4.65. The van der Waals surface area contributed by atoms with Crippen LogP contribution in [-0.4, -0.2) is 108 Å². The second-order valence-electron chi connectivity index (χ2n) is 12.4. The predicted octanol–water partition coefficient (Wildman–Crippen LogP) is 5.02. The van der Waals surface area contributed by atoms with Crippen molar-refractivity contribution in [1.82, 2.24) is 14.7 Å². The quantitative estimate of drug-likeness (QED) is 0.475. The Morgan fingerprint density at radius 2 is 1.28 bits per heavy atom. The highest BCUT2D eigenvalue weighted by Gasteiger charge is 2.34. The summed E-state index contributed by atoms with van der Waals surface area (Å²) in [4.78, 5) is 40.1. The molecule has 39 heavy (non-hydrogen) atoms. The number of hydrogen-bond donors (Lipinski definition) is 0. The third-order valence-corrected chi connectivity index (χ3v) is 6.50. The summed E-state index contributed by atoms with van der Waals surface area (Å²) in [6.07, 6.45) is -1.20. The molecule has 0 radical (unpaired) electrons. The zero-order valence-electron chi connectivity index (χ0n) is 24.3. The van der Waals surface area contributed by atoms with Crippen molar-refractivity contribution in [2.45, 2.75) is 110 Å². The van der Waals surface area contributed by atoms with Gasteiger partial charge in [-0.25, -0.2) is 9.59 Å². The van der Waals surface area contributed by atoms with Gasteiger partial charge in [0.15, 0.2) is 0 Å². The van der Waals surface area contributed by atoms with Gasteiger partial charge in [0.25, 0.3) is 0 Å². The van der Waals surface area contributed by atoms with E-state index in [2.05, 4.69) is 4.90 Å². The maximum atomic E-state index is 12.3. The number of ether oxygens (including phenoxy) is 3. The first kappa shape index (κ1) is 33.1. The van der Waals surface area contributed by atoms with Crippen molar-refractivity contribution in [2.24, 2.45) is 0 Å². The number of halogens is 3. The third kappa shape index (κ3) is 13.2. The summed E-state index contributed by atoms with van der Waals surface area (Å²) in [6.45, 7) is 13.5. The Morgan fingerprint density at radius 3 is 1.74 bits per heavy atom. The van der Waals surface area contributed by atoms with Crippen LogP contribution < -0.4 is 0 Å². The summed E-state index contributed by atoms with van der Waals surface area (Å²) in [5.41, 5.74) is -0.970. The largest absolute Gasteiger partial charge is 0.444 e. The lowest BCUT2D eigenvalue weighted by molar-refractivity contribution is -0.190. The van der Waals surface area contributed by atoms with E-state index in [0.29, 0.717) is 52.0 Å². The van der Waals surface area contributed by atoms with E-state index in [1.807, 2.05) is 41.5 Å². The Balaban J connectivity index is 0.000000322. The smallest absolute Gasteiger partial charge is 0.411 e. The van der Waals surface area contributed by atoms with Crippen molar-refractivity contribution in [1.29, 1.82) is 0 Å². The van der Waals surface area contributed by atoms with Gasteiger partial charge in [0, 0.05) is 51.6 Å². The molecule has 0 aliphatic carbocycles. The van der Waals surface area contributed by atoms with E-state index in [9.17, 15) is 27.6 Å². The summed E-state index contributed by atoms with van der Waals surface area (Å²) in [6, 6.07) is 0.288. The number of ketones is 1. The summed E-state index contributed by atoms with van der Waals surface area (Å²) in [5.74, 6) is 0.227. The molecule has 0 spiro atoms. The average Bonchev–Trinajstić information content (AvgIpc) is 2.81. The van der Waals surface area contributed by atoms with Crippen LogP contribution in [0.2, 0.25) is 0 Å². The second kappa shape index (κ2) is 14.0. The van der Waals surface area contributed by atoms with Crippen LogP contribution in [0.4, 0.5) is 22.8 Å². The molecule has 2 amide bonds. The Bertz CT molecular complexity index is 807. The minimum absolute atomic E-state index is 0.227. The van der Waals surface area contributed by atoms with Crippen molar-refractivity contribution in [3.05, 3.63) is 0 Å². The van der Waals surface area contributed by atoms with Crippen LogP contribution in [0.3, 0.4) is 0 Å². The number of hydrogen-bond acceptors (Lipinski definition) is 7. The molecule has 0 aromatic carbocycles. The average molecular weight is 566 g/mol. The van der Waals surface area contributed by atoms with Crippen LogP contribution in [-0.2, 0) is 19.0 Å². The lowest BCUT2D eigenvalue weighted by atomic mass is 9.99. The van der Waals surface area contributed by atoms with Gasteiger partial charge in [-0.05, 0) is 73.8 Å². The Labute approximate surface area is 230 Å². The van der Waals surface area contributed by atoms with E-state index in [0.717, 1.165) is 25.8 Å². The number of amides is 2. The summed E-state index contributed by atoms with van der Waals surface area (Å²) in [7, 11) is 0. The molecule has 0 bridgehead atoms. The van der Waals surface area contributed by atoms with Crippen LogP contribution in [0, 0.1) is 0 Å². The molecule has 0 aromatic rings. The number of rotatable bonds is 3. The number of alkyl halides is 3. The zero-order chi connectivity index (χ0) is 29.4. The Hall–Kier alpha value is -2.08. The molecule has 3 aliphatic heterocycles. The van der Waals surface area contributed by atoms with Crippen molar-refractivity contribution in [3.63, 3.8) is 0 Å². The molecule has 3 fully saturated rings. The normalized spacial score (nSPS) is 22.2. The van der Waals surface area contributed by atoms with Crippen LogP contribution in [0.1, 0.15) is 80.1 Å². The molecule has 12 heteroatoms. The zero-order valence-corrected chi connectivity index (χ0v) is 24.3. The molecular weight excluding hydrogens is 519 g/mol. The van der Waals surface area contributed by atoms with Gasteiger partial charge in [-0.3, -0.25) is 9.69 Å². The SMILES string of the molecule is CC(C)(C)OC(=O)N1CCC(=O)CC1.CC(C)(C)OC(=O)N1CCC(N2CCCC(OCC(F)(F)F)C2)CC1. The summed E-state index contributed by atoms with van der Waals surface area (Å²) < 4.78 is 52.5. The van der Waals surface area contributed by atoms with Crippen LogP contribution in [0.25, 0.3) is 0 Å². The molecule has 0 N–H and O–H groups in total. The minimum Gasteiger partial charge on any atom is -0.444 e. The van der Waals surface area contributed by atoms with E-state index in [-0.39, 0.29) is 30.1 Å². The van der Waals surface area contributed by atoms with Gasteiger partial charge in [-0.15, -0.1) is 0 Å². The number of Topliss-reactive ketones (excluding diaryl/α,β-unsaturated/α-hetero) is 1. The molecule has 1 unspecified atom stereocenters. The van der Waals surface area contributed by atoms with E-state index in [1.54, 1.807) is 9.80 Å². The van der Waals surface area contributed by atoms with Crippen molar-refractivity contribution in [2.75, 3.05) is 45.9 Å². The first-order valence-electron chi connectivity index (χ1n) is 13.8. The van der Waals surface area contributed by atoms with Gasteiger partial charge in [0.2, 0.25) is 0 Å². The second-order valence-corrected chi connectivity index (χ2v) is 12.4. The lowest BCUT2D eigenvalue weighted by Gasteiger charge is -2.42. The maximum absolute atomic E-state index is 12.3. The number of likely N-dealkylation sites (tertiary alicyclic amines) is 3. The maximum Gasteiger partial charge on any atom is 0.411 e. The minimum atomic E-state index is -4.28. The number of carbonyl (C=O) groups excluding carboxylic acids is 3. The molecule has 3 heterocycles. The van der Waals surface area contributed by atoms with Crippen LogP contribution >= 0.6 is 0 Å². The molecule has 1 atom stereocenters. The topological polar surface area (TPSA) is 88.6 Å². The van der Waals surface area contributed by atoms with Gasteiger partial charge in [0.05, 0.1) is 6.10 Å². The molecule has 0 saturated carbocycles. The lowest BCUT2D eigenvalue weighted by Crippen LogP contribution is -2.51.